The molecule has 0 saturated heterocycles. The number of thiazole rings is 1. The zero-order chi connectivity index (χ0) is 17.3. The molecular formula is C17H18N2O4S. The van der Waals surface area contributed by atoms with E-state index in [1.807, 2.05) is 34.9 Å². The average molecular weight is 346 g/mol. The maximum absolute atomic E-state index is 11.1. The molecule has 0 bridgehead atoms. The first-order valence-corrected chi connectivity index (χ1v) is 8.38. The van der Waals surface area contributed by atoms with Gasteiger partial charge in [0, 0.05) is 16.6 Å². The van der Waals surface area contributed by atoms with Gasteiger partial charge in [0.2, 0.25) is 0 Å². The highest BCUT2D eigenvalue weighted by Gasteiger charge is 2.20. The predicted molar refractivity (Wildman–Crippen MR) is 92.3 cm³/mol. The third kappa shape index (κ3) is 2.71. The third-order valence-electron chi connectivity index (χ3n) is 3.86. The summed E-state index contributed by atoms with van der Waals surface area (Å²) < 4.78 is 12.7. The normalized spacial score (nSPS) is 11.0. The maximum Gasteiger partial charge on any atom is 0.309 e. The van der Waals surface area contributed by atoms with Crippen molar-refractivity contribution in [2.75, 3.05) is 14.2 Å². The van der Waals surface area contributed by atoms with Crippen molar-refractivity contribution in [3.05, 3.63) is 35.0 Å². The van der Waals surface area contributed by atoms with Gasteiger partial charge in [0.25, 0.3) is 0 Å². The molecule has 3 rings (SSSR count). The predicted octanol–water partition coefficient (Wildman–Crippen LogP) is 3.27. The monoisotopic (exact) mass is 346 g/mol. The van der Waals surface area contributed by atoms with E-state index >= 15 is 0 Å². The number of aryl methyl sites for hydroxylation is 1. The molecule has 126 valence electrons. The fourth-order valence-corrected chi connectivity index (χ4v) is 3.70. The van der Waals surface area contributed by atoms with Crippen LogP contribution in [0.3, 0.4) is 0 Å². The van der Waals surface area contributed by atoms with Gasteiger partial charge in [0.1, 0.15) is 11.5 Å². The van der Waals surface area contributed by atoms with Gasteiger partial charge in [0.05, 0.1) is 32.0 Å². The van der Waals surface area contributed by atoms with Crippen molar-refractivity contribution in [1.29, 1.82) is 0 Å². The lowest BCUT2D eigenvalue weighted by atomic mass is 10.1. The number of aromatic nitrogens is 2. The molecule has 0 aliphatic carbocycles. The van der Waals surface area contributed by atoms with Crippen LogP contribution in [0.1, 0.15) is 18.3 Å². The molecule has 3 aromatic rings. The molecule has 7 heteroatoms. The van der Waals surface area contributed by atoms with Crippen LogP contribution in [0.25, 0.3) is 16.2 Å². The number of carbonyl (C=O) groups is 1. The minimum Gasteiger partial charge on any atom is -0.497 e. The van der Waals surface area contributed by atoms with Crippen LogP contribution in [0.15, 0.2) is 23.6 Å². The fourth-order valence-electron chi connectivity index (χ4n) is 2.80. The lowest BCUT2D eigenvalue weighted by Crippen LogP contribution is -2.04. The number of hydrogen-bond acceptors (Lipinski definition) is 5. The van der Waals surface area contributed by atoms with Gasteiger partial charge in [-0.3, -0.25) is 9.20 Å². The van der Waals surface area contributed by atoms with Crippen LogP contribution in [0.5, 0.6) is 11.5 Å². The van der Waals surface area contributed by atoms with E-state index in [1.165, 1.54) is 11.3 Å². The lowest BCUT2D eigenvalue weighted by molar-refractivity contribution is -0.136. The second-order valence-electron chi connectivity index (χ2n) is 5.24. The van der Waals surface area contributed by atoms with Crippen LogP contribution >= 0.6 is 11.3 Å². The molecule has 24 heavy (non-hydrogen) atoms. The Labute approximate surface area is 143 Å². The number of methoxy groups -OCH3 is 2. The summed E-state index contributed by atoms with van der Waals surface area (Å²) in [4.78, 5) is 16.6. The van der Waals surface area contributed by atoms with E-state index in [0.29, 0.717) is 5.75 Å². The molecule has 0 unspecified atom stereocenters. The number of nitrogens with zero attached hydrogens (tertiary/aromatic N) is 2. The van der Waals surface area contributed by atoms with Crippen LogP contribution in [0, 0.1) is 0 Å². The van der Waals surface area contributed by atoms with Crippen molar-refractivity contribution in [1.82, 2.24) is 9.38 Å². The Balaban J connectivity index is 2.23. The topological polar surface area (TPSA) is 73.1 Å². The third-order valence-corrected chi connectivity index (χ3v) is 4.73. The van der Waals surface area contributed by atoms with Crippen molar-refractivity contribution in [3.8, 4) is 22.8 Å². The number of benzene rings is 1. The number of fused-ring (bicyclic) bond motifs is 1. The zero-order valence-corrected chi connectivity index (χ0v) is 14.5. The van der Waals surface area contributed by atoms with Crippen molar-refractivity contribution < 1.29 is 19.4 Å². The van der Waals surface area contributed by atoms with Gasteiger partial charge in [-0.1, -0.05) is 6.92 Å². The molecule has 0 amide bonds. The highest BCUT2D eigenvalue weighted by Crippen LogP contribution is 2.37. The Morgan fingerprint density at radius 1 is 1.33 bits per heavy atom. The molecule has 0 spiro atoms. The first-order valence-electron chi connectivity index (χ1n) is 7.50. The van der Waals surface area contributed by atoms with Crippen molar-refractivity contribution in [2.45, 2.75) is 19.8 Å². The SMILES string of the molecule is CCc1c(-c2cc(OC)ccc2OC)nc2scc(CC(=O)O)n12. The molecule has 1 N–H and O–H groups in total. The number of aliphatic carboxylic acids is 1. The van der Waals surface area contributed by atoms with E-state index < -0.39 is 5.97 Å². The second kappa shape index (κ2) is 6.52. The molecule has 2 heterocycles. The molecule has 0 saturated carbocycles. The summed E-state index contributed by atoms with van der Waals surface area (Å²) in [5.74, 6) is 0.567. The Hall–Kier alpha value is -2.54. The van der Waals surface area contributed by atoms with Crippen molar-refractivity contribution in [3.63, 3.8) is 0 Å². The first kappa shape index (κ1) is 16.3. The van der Waals surface area contributed by atoms with Gasteiger partial charge < -0.3 is 14.6 Å². The summed E-state index contributed by atoms with van der Waals surface area (Å²) in [5, 5.41) is 11.0. The molecule has 0 aliphatic rings. The van der Waals surface area contributed by atoms with Gasteiger partial charge in [-0.05, 0) is 24.6 Å². The van der Waals surface area contributed by atoms with E-state index in [9.17, 15) is 4.79 Å². The number of carboxylic acid groups (broad SMARTS) is 1. The van der Waals surface area contributed by atoms with Crippen LogP contribution in [-0.4, -0.2) is 34.7 Å². The van der Waals surface area contributed by atoms with Crippen molar-refractivity contribution in [2.24, 2.45) is 0 Å². The maximum atomic E-state index is 11.1. The zero-order valence-electron chi connectivity index (χ0n) is 13.7. The standard InChI is InChI=1S/C17H18N2O4S/c1-4-13-16(12-8-11(22-2)5-6-14(12)23-3)18-17-19(13)10(9-24-17)7-15(20)21/h5-6,8-9H,4,7H2,1-3H3,(H,20,21). The van der Waals surface area contributed by atoms with Crippen LogP contribution in [0.2, 0.25) is 0 Å². The van der Waals surface area contributed by atoms with Gasteiger partial charge in [-0.15, -0.1) is 11.3 Å². The molecule has 1 aromatic carbocycles. The summed E-state index contributed by atoms with van der Waals surface area (Å²) >= 11 is 1.44. The molecule has 0 atom stereocenters. The molecule has 0 aliphatic heterocycles. The summed E-state index contributed by atoms with van der Waals surface area (Å²) in [6, 6.07) is 5.57. The molecule has 2 aromatic heterocycles. The summed E-state index contributed by atoms with van der Waals surface area (Å²) in [5.41, 5.74) is 3.34. The van der Waals surface area contributed by atoms with E-state index in [4.69, 9.17) is 19.6 Å². The molecule has 0 radical (unpaired) electrons. The quantitative estimate of drug-likeness (QED) is 0.741. The van der Waals surface area contributed by atoms with E-state index in [0.717, 1.165) is 39.8 Å². The minimum absolute atomic E-state index is 0.0297. The van der Waals surface area contributed by atoms with Gasteiger partial charge in [-0.2, -0.15) is 0 Å². The Morgan fingerprint density at radius 2 is 2.12 bits per heavy atom. The summed E-state index contributed by atoms with van der Waals surface area (Å²) in [6.07, 6.45) is 0.693. The Morgan fingerprint density at radius 3 is 2.75 bits per heavy atom. The van der Waals surface area contributed by atoms with Crippen LogP contribution in [0.4, 0.5) is 0 Å². The molecule has 6 nitrogen and oxygen atoms in total. The lowest BCUT2D eigenvalue weighted by Gasteiger charge is -2.10. The Kier molecular flexibility index (Phi) is 4.44. The molecule has 0 fully saturated rings. The van der Waals surface area contributed by atoms with Gasteiger partial charge in [0.15, 0.2) is 4.96 Å². The number of hydrogen-bond donors (Lipinski definition) is 1. The number of imidazole rings is 1. The fraction of sp³-hybridized carbons (Fsp3) is 0.294. The highest BCUT2D eigenvalue weighted by molar-refractivity contribution is 7.15. The van der Waals surface area contributed by atoms with E-state index in [-0.39, 0.29) is 6.42 Å². The van der Waals surface area contributed by atoms with Crippen molar-refractivity contribution >= 4 is 22.3 Å². The minimum atomic E-state index is -0.856. The smallest absolute Gasteiger partial charge is 0.309 e. The summed E-state index contributed by atoms with van der Waals surface area (Å²) in [7, 11) is 3.23. The van der Waals surface area contributed by atoms with Gasteiger partial charge >= 0.3 is 5.97 Å². The number of ether oxygens (including phenoxy) is 2. The molecular weight excluding hydrogens is 328 g/mol. The average Bonchev–Trinajstić information content (AvgIpc) is 3.13. The number of carboxylic acids is 1. The second-order valence-corrected chi connectivity index (χ2v) is 6.08. The highest BCUT2D eigenvalue weighted by atomic mass is 32.1. The van der Waals surface area contributed by atoms with E-state index in [2.05, 4.69) is 0 Å². The number of rotatable bonds is 6. The van der Waals surface area contributed by atoms with E-state index in [1.54, 1.807) is 14.2 Å². The first-order chi connectivity index (χ1) is 11.6. The van der Waals surface area contributed by atoms with Crippen LogP contribution < -0.4 is 9.47 Å². The van der Waals surface area contributed by atoms with Gasteiger partial charge in [-0.25, -0.2) is 4.98 Å². The largest absolute Gasteiger partial charge is 0.497 e. The summed E-state index contributed by atoms with van der Waals surface area (Å²) in [6.45, 7) is 2.03. The Bertz CT molecular complexity index is 898. The van der Waals surface area contributed by atoms with Crippen LogP contribution in [-0.2, 0) is 17.6 Å².